The number of fused-ring (bicyclic) bond motifs is 1. The van der Waals surface area contributed by atoms with Crippen LogP contribution in [0.5, 0.6) is 0 Å². The van der Waals surface area contributed by atoms with Crippen LogP contribution in [0.15, 0.2) is 58.4 Å². The minimum Gasteiger partial charge on any atom is -0.354 e. The highest BCUT2D eigenvalue weighted by molar-refractivity contribution is 7.90. The monoisotopic (exact) mass is 470 g/mol. The summed E-state index contributed by atoms with van der Waals surface area (Å²) in [5, 5.41) is 5.71. The molecule has 0 unspecified atom stereocenters. The summed E-state index contributed by atoms with van der Waals surface area (Å²) >= 11 is 0. The Morgan fingerprint density at radius 2 is 1.70 bits per heavy atom. The molecule has 0 radical (unpaired) electrons. The Morgan fingerprint density at radius 3 is 2.33 bits per heavy atom. The Hall–Kier alpha value is -3.20. The minimum atomic E-state index is -3.69. The first kappa shape index (κ1) is 24.4. The molecular formula is C24H30N4O4S. The van der Waals surface area contributed by atoms with E-state index in [-0.39, 0.29) is 40.9 Å². The van der Waals surface area contributed by atoms with E-state index in [1.807, 2.05) is 27.7 Å². The molecular weight excluding hydrogens is 440 g/mol. The van der Waals surface area contributed by atoms with Crippen molar-refractivity contribution in [3.8, 4) is 0 Å². The summed E-state index contributed by atoms with van der Waals surface area (Å²) in [5.41, 5.74) is 1.87. The Balaban J connectivity index is 1.77. The number of carbonyl (C=O) groups is 2. The number of nitrogens with one attached hydrogen (secondary N) is 3. The number of benzene rings is 2. The van der Waals surface area contributed by atoms with Crippen molar-refractivity contribution in [3.05, 3.63) is 59.7 Å². The molecule has 0 aromatic heterocycles. The van der Waals surface area contributed by atoms with E-state index in [0.29, 0.717) is 17.7 Å². The number of rotatable bonds is 8. The molecule has 0 saturated heterocycles. The van der Waals surface area contributed by atoms with Crippen LogP contribution in [0.1, 0.15) is 45.2 Å². The molecule has 2 aromatic carbocycles. The van der Waals surface area contributed by atoms with Crippen LogP contribution < -0.4 is 15.4 Å². The molecule has 3 rings (SSSR count). The first-order valence-corrected chi connectivity index (χ1v) is 12.5. The van der Waals surface area contributed by atoms with Gasteiger partial charge in [0.15, 0.2) is 0 Å². The molecule has 2 atom stereocenters. The third-order valence-corrected chi connectivity index (χ3v) is 6.82. The normalized spacial score (nSPS) is 17.2. The van der Waals surface area contributed by atoms with Crippen LogP contribution in [-0.2, 0) is 26.0 Å². The first-order chi connectivity index (χ1) is 15.6. The molecule has 2 amide bonds. The van der Waals surface area contributed by atoms with Crippen LogP contribution >= 0.6 is 0 Å². The lowest BCUT2D eigenvalue weighted by Crippen LogP contribution is -2.34. The zero-order valence-corrected chi connectivity index (χ0v) is 20.1. The third-order valence-electron chi connectivity index (χ3n) is 5.42. The lowest BCUT2D eigenvalue weighted by molar-refractivity contribution is -0.121. The van der Waals surface area contributed by atoms with Gasteiger partial charge in [-0.2, -0.15) is 0 Å². The Labute approximate surface area is 194 Å². The van der Waals surface area contributed by atoms with Gasteiger partial charge in [0.2, 0.25) is 11.8 Å². The van der Waals surface area contributed by atoms with Gasteiger partial charge >= 0.3 is 0 Å². The van der Waals surface area contributed by atoms with Crippen LogP contribution in [0.2, 0.25) is 0 Å². The zero-order valence-electron chi connectivity index (χ0n) is 19.3. The third kappa shape index (κ3) is 5.98. The van der Waals surface area contributed by atoms with Gasteiger partial charge in [-0.15, -0.1) is 0 Å². The zero-order chi connectivity index (χ0) is 24.2. The van der Waals surface area contributed by atoms with Crippen molar-refractivity contribution in [1.82, 2.24) is 10.0 Å². The van der Waals surface area contributed by atoms with Gasteiger partial charge in [-0.1, -0.05) is 44.5 Å². The standard InChI is InChI=1S/C24H30N4O4S/c1-5-16(4)22(27-23-19-8-6-7-9-20(19)33(31,32)28-23)24(30)26-18-12-10-17(11-13-18)14-21(29)25-15(2)3/h6-13,15-16,22H,5,14H2,1-4H3,(H,25,29)(H,26,30)(H,27,28)/t16-,22-/m0/s1. The summed E-state index contributed by atoms with van der Waals surface area (Å²) < 4.78 is 27.3. The maximum Gasteiger partial charge on any atom is 0.263 e. The highest BCUT2D eigenvalue weighted by atomic mass is 32.2. The van der Waals surface area contributed by atoms with E-state index in [9.17, 15) is 18.0 Å². The van der Waals surface area contributed by atoms with Gasteiger partial charge in [-0.25, -0.2) is 8.42 Å². The second-order valence-electron chi connectivity index (χ2n) is 8.49. The number of sulfonamides is 1. The van der Waals surface area contributed by atoms with Crippen LogP contribution in [-0.4, -0.2) is 38.2 Å². The molecule has 176 valence electrons. The van der Waals surface area contributed by atoms with E-state index in [4.69, 9.17) is 0 Å². The van der Waals surface area contributed by atoms with E-state index in [1.54, 1.807) is 42.5 Å². The van der Waals surface area contributed by atoms with Gasteiger partial charge in [0.1, 0.15) is 11.9 Å². The van der Waals surface area contributed by atoms with Gasteiger partial charge in [-0.3, -0.25) is 19.3 Å². The molecule has 1 aliphatic rings. The molecule has 0 aliphatic carbocycles. The number of hydrogen-bond donors (Lipinski definition) is 3. The predicted molar refractivity (Wildman–Crippen MR) is 129 cm³/mol. The number of amidine groups is 1. The van der Waals surface area contributed by atoms with Crippen LogP contribution in [0, 0.1) is 5.92 Å². The molecule has 0 bridgehead atoms. The fraction of sp³-hybridized carbons (Fsp3) is 0.375. The van der Waals surface area contributed by atoms with E-state index in [1.165, 1.54) is 6.07 Å². The second-order valence-corrected chi connectivity index (χ2v) is 10.1. The summed E-state index contributed by atoms with van der Waals surface area (Å²) in [7, 11) is -3.69. The van der Waals surface area contributed by atoms with Crippen LogP contribution in [0.4, 0.5) is 5.69 Å². The van der Waals surface area contributed by atoms with Gasteiger partial charge in [0, 0.05) is 17.3 Å². The predicted octanol–water partition coefficient (Wildman–Crippen LogP) is 2.85. The fourth-order valence-electron chi connectivity index (χ4n) is 3.52. The maximum absolute atomic E-state index is 13.1. The molecule has 33 heavy (non-hydrogen) atoms. The molecule has 8 nitrogen and oxygen atoms in total. The SMILES string of the molecule is CC[C@H](C)[C@H](N=C1NS(=O)(=O)c2ccccc21)C(=O)Nc1ccc(CC(=O)NC(C)C)cc1. The number of hydrogen-bond acceptors (Lipinski definition) is 5. The minimum absolute atomic E-state index is 0.0613. The molecule has 1 heterocycles. The van der Waals surface area contributed by atoms with Crippen molar-refractivity contribution in [2.75, 3.05) is 5.32 Å². The first-order valence-electron chi connectivity index (χ1n) is 11.0. The topological polar surface area (TPSA) is 117 Å². The number of carbonyl (C=O) groups excluding carboxylic acids is 2. The van der Waals surface area contributed by atoms with Gasteiger partial charge in [0.25, 0.3) is 10.0 Å². The van der Waals surface area contributed by atoms with Crippen molar-refractivity contribution < 1.29 is 18.0 Å². The smallest absolute Gasteiger partial charge is 0.263 e. The average Bonchev–Trinajstić information content (AvgIpc) is 3.02. The van der Waals surface area contributed by atoms with E-state index in [0.717, 1.165) is 5.56 Å². The highest BCUT2D eigenvalue weighted by Crippen LogP contribution is 2.24. The lowest BCUT2D eigenvalue weighted by atomic mass is 9.98. The van der Waals surface area contributed by atoms with E-state index >= 15 is 0 Å². The number of anilines is 1. The fourth-order valence-corrected chi connectivity index (χ4v) is 4.76. The van der Waals surface area contributed by atoms with Crippen molar-refractivity contribution in [3.63, 3.8) is 0 Å². The summed E-state index contributed by atoms with van der Waals surface area (Å²) in [4.78, 5) is 29.7. The van der Waals surface area contributed by atoms with Crippen molar-refractivity contribution in [2.45, 2.75) is 57.5 Å². The van der Waals surface area contributed by atoms with Crippen LogP contribution in [0.25, 0.3) is 0 Å². The van der Waals surface area contributed by atoms with Gasteiger partial charge in [-0.05, 0) is 49.6 Å². The quantitative estimate of drug-likeness (QED) is 0.550. The molecule has 0 fully saturated rings. The van der Waals surface area contributed by atoms with Crippen molar-refractivity contribution in [1.29, 1.82) is 0 Å². The maximum atomic E-state index is 13.1. The molecule has 0 saturated carbocycles. The van der Waals surface area contributed by atoms with Gasteiger partial charge < -0.3 is 10.6 Å². The van der Waals surface area contributed by atoms with E-state index in [2.05, 4.69) is 20.3 Å². The molecule has 3 N–H and O–H groups in total. The summed E-state index contributed by atoms with van der Waals surface area (Å²) in [6, 6.07) is 12.9. The molecule has 0 spiro atoms. The number of amides is 2. The largest absolute Gasteiger partial charge is 0.354 e. The Morgan fingerprint density at radius 1 is 1.03 bits per heavy atom. The second kappa shape index (κ2) is 10.2. The lowest BCUT2D eigenvalue weighted by Gasteiger charge is -2.19. The average molecular weight is 471 g/mol. The van der Waals surface area contributed by atoms with Gasteiger partial charge in [0.05, 0.1) is 11.3 Å². The van der Waals surface area contributed by atoms with E-state index < -0.39 is 16.1 Å². The van der Waals surface area contributed by atoms with Crippen molar-refractivity contribution in [2.24, 2.45) is 10.9 Å². The van der Waals surface area contributed by atoms with Crippen molar-refractivity contribution >= 4 is 33.4 Å². The molecule has 2 aromatic rings. The summed E-state index contributed by atoms with van der Waals surface area (Å²) in [5.74, 6) is -0.328. The Bertz CT molecular complexity index is 1160. The van der Waals surface area contributed by atoms with Crippen LogP contribution in [0.3, 0.4) is 0 Å². The number of aliphatic imine (C=N–C) groups is 1. The molecule has 1 aliphatic heterocycles. The Kier molecular flexibility index (Phi) is 7.53. The highest BCUT2D eigenvalue weighted by Gasteiger charge is 2.33. The molecule has 9 heteroatoms. The summed E-state index contributed by atoms with van der Waals surface area (Å²) in [6.45, 7) is 7.67. The number of nitrogens with zero attached hydrogens (tertiary/aromatic N) is 1. The summed E-state index contributed by atoms with van der Waals surface area (Å²) in [6.07, 6.45) is 0.947.